The zero-order chi connectivity index (χ0) is 24.3. The van der Waals surface area contributed by atoms with Gasteiger partial charge in [-0.25, -0.2) is 0 Å². The van der Waals surface area contributed by atoms with Crippen LogP contribution in [0, 0.1) is 10.1 Å². The Morgan fingerprint density at radius 1 is 1.09 bits per heavy atom. The predicted octanol–water partition coefficient (Wildman–Crippen LogP) is 3.96. The molecule has 1 aromatic heterocycles. The number of halogens is 3. The molecule has 0 aliphatic carbocycles. The molecule has 0 atom stereocenters. The molecule has 1 aliphatic heterocycles. The number of nitrogens with zero attached hydrogens (tertiary/aromatic N) is 4. The van der Waals surface area contributed by atoms with Crippen LogP contribution in [0.1, 0.15) is 21.5 Å². The fourth-order valence-electron chi connectivity index (χ4n) is 3.50. The smallest absolute Gasteiger partial charge is 0.416 e. The molecule has 0 radical (unpaired) electrons. The van der Waals surface area contributed by atoms with Gasteiger partial charge in [-0.1, -0.05) is 12.1 Å². The van der Waals surface area contributed by atoms with Gasteiger partial charge in [0.05, 0.1) is 5.56 Å². The van der Waals surface area contributed by atoms with Crippen LogP contribution in [0.25, 0.3) is 0 Å². The highest BCUT2D eigenvalue weighted by Crippen LogP contribution is 2.30. The number of anilines is 1. The van der Waals surface area contributed by atoms with Crippen molar-refractivity contribution in [1.29, 1.82) is 0 Å². The summed E-state index contributed by atoms with van der Waals surface area (Å²) in [5.74, 6) is -0.686. The Bertz CT molecular complexity index is 1180. The van der Waals surface area contributed by atoms with E-state index in [2.05, 4.69) is 15.2 Å². The molecule has 0 saturated carbocycles. The number of fused-ring (bicyclic) bond motifs is 1. The largest absolute Gasteiger partial charge is 0.444 e. The average molecular weight is 475 g/mol. The number of rotatable bonds is 5. The Hall–Kier alpha value is -3.93. The van der Waals surface area contributed by atoms with E-state index in [1.54, 1.807) is 28.8 Å². The van der Waals surface area contributed by atoms with E-state index in [-0.39, 0.29) is 17.5 Å². The zero-order valence-corrected chi connectivity index (χ0v) is 17.8. The van der Waals surface area contributed by atoms with Crippen LogP contribution in [-0.4, -0.2) is 45.0 Å². The molecular formula is C22H20F3N5O4. The van der Waals surface area contributed by atoms with Gasteiger partial charge >= 0.3 is 18.0 Å². The molecule has 3 aromatic rings. The summed E-state index contributed by atoms with van der Waals surface area (Å²) in [6.45, 7) is 2.60. The van der Waals surface area contributed by atoms with Crippen molar-refractivity contribution in [2.24, 2.45) is 0 Å². The number of nitrogens with one attached hydrogen (secondary N) is 1. The normalized spacial score (nSPS) is 14.4. The van der Waals surface area contributed by atoms with E-state index in [1.807, 2.05) is 0 Å². The molecule has 34 heavy (non-hydrogen) atoms. The number of ether oxygens (including phenoxy) is 1. The first-order valence-corrected chi connectivity index (χ1v) is 10.3. The molecule has 2 aromatic carbocycles. The predicted molar refractivity (Wildman–Crippen MR) is 115 cm³/mol. The summed E-state index contributed by atoms with van der Waals surface area (Å²) in [5, 5.41) is 13.5. The third-order valence-corrected chi connectivity index (χ3v) is 5.30. The van der Waals surface area contributed by atoms with Crippen LogP contribution in [0.5, 0.6) is 6.01 Å². The van der Waals surface area contributed by atoms with Crippen LogP contribution in [0.4, 0.5) is 24.7 Å². The molecule has 178 valence electrons. The Kier molecular flexibility index (Phi) is 6.50. The highest BCUT2D eigenvalue weighted by Gasteiger charge is 2.30. The number of hydrogen-bond acceptors (Lipinski definition) is 6. The van der Waals surface area contributed by atoms with E-state index in [4.69, 9.17) is 4.74 Å². The van der Waals surface area contributed by atoms with E-state index in [9.17, 15) is 28.1 Å². The van der Waals surface area contributed by atoms with Crippen molar-refractivity contribution in [2.75, 3.05) is 25.0 Å². The van der Waals surface area contributed by atoms with Crippen LogP contribution in [0.3, 0.4) is 0 Å². The number of carbonyl (C=O) groups excluding carboxylic acids is 1. The fraction of sp³-hybridized carbons (Fsp3) is 0.273. The van der Waals surface area contributed by atoms with Gasteiger partial charge in [-0.15, -0.1) is 0 Å². The Labute approximate surface area is 191 Å². The maximum Gasteiger partial charge on any atom is 0.416 e. The van der Waals surface area contributed by atoms with Gasteiger partial charge in [-0.2, -0.15) is 13.2 Å². The van der Waals surface area contributed by atoms with Gasteiger partial charge in [0, 0.05) is 42.4 Å². The van der Waals surface area contributed by atoms with E-state index < -0.39 is 22.6 Å². The van der Waals surface area contributed by atoms with Gasteiger partial charge in [0.1, 0.15) is 12.8 Å². The van der Waals surface area contributed by atoms with E-state index >= 15 is 0 Å². The molecule has 1 aliphatic rings. The molecule has 2 heterocycles. The van der Waals surface area contributed by atoms with Gasteiger partial charge < -0.3 is 20.2 Å². The van der Waals surface area contributed by atoms with Crippen molar-refractivity contribution < 1.29 is 27.6 Å². The van der Waals surface area contributed by atoms with Crippen molar-refractivity contribution in [3.05, 3.63) is 81.5 Å². The van der Waals surface area contributed by atoms with Gasteiger partial charge in [0.25, 0.3) is 5.91 Å². The van der Waals surface area contributed by atoms with E-state index in [0.29, 0.717) is 38.3 Å². The third kappa shape index (κ3) is 5.52. The first-order valence-electron chi connectivity index (χ1n) is 10.3. The summed E-state index contributed by atoms with van der Waals surface area (Å²) in [5.41, 5.74) is 0.798. The summed E-state index contributed by atoms with van der Waals surface area (Å²) in [6, 6.07) is 11.4. The highest BCUT2D eigenvalue weighted by atomic mass is 19.4. The SMILES string of the molecule is O=C(Nc1ccc(C(F)(F)F)cc1)c1ccc(CN2CCOc3nc([N+](=O)[O-])cn3CC2)cc1. The molecule has 0 unspecified atom stereocenters. The molecule has 4 rings (SSSR count). The molecule has 0 spiro atoms. The van der Waals surface area contributed by atoms with Crippen molar-refractivity contribution in [3.63, 3.8) is 0 Å². The first-order chi connectivity index (χ1) is 16.2. The lowest BCUT2D eigenvalue weighted by Crippen LogP contribution is -2.33. The Morgan fingerprint density at radius 2 is 1.79 bits per heavy atom. The molecule has 0 fully saturated rings. The van der Waals surface area contributed by atoms with Gasteiger partial charge in [-0.05, 0) is 46.9 Å². The van der Waals surface area contributed by atoms with Crippen molar-refractivity contribution in [2.45, 2.75) is 19.3 Å². The van der Waals surface area contributed by atoms with Crippen molar-refractivity contribution in [3.8, 4) is 6.01 Å². The lowest BCUT2D eigenvalue weighted by molar-refractivity contribution is -0.389. The molecule has 1 N–H and O–H groups in total. The Morgan fingerprint density at radius 3 is 2.44 bits per heavy atom. The average Bonchev–Trinajstić information content (AvgIpc) is 3.18. The maximum atomic E-state index is 12.7. The summed E-state index contributed by atoms with van der Waals surface area (Å²) < 4.78 is 45.2. The fourth-order valence-corrected chi connectivity index (χ4v) is 3.50. The number of aromatic nitrogens is 2. The Balaban J connectivity index is 1.34. The minimum atomic E-state index is -4.43. The molecule has 9 nitrogen and oxygen atoms in total. The second-order valence-corrected chi connectivity index (χ2v) is 7.68. The summed E-state index contributed by atoms with van der Waals surface area (Å²) >= 11 is 0. The topological polar surface area (TPSA) is 103 Å². The maximum absolute atomic E-state index is 12.7. The van der Waals surface area contributed by atoms with Crippen molar-refractivity contribution >= 4 is 17.4 Å². The minimum Gasteiger partial charge on any atom is -0.444 e. The van der Waals surface area contributed by atoms with Crippen LogP contribution in [0.2, 0.25) is 0 Å². The highest BCUT2D eigenvalue weighted by molar-refractivity contribution is 6.04. The number of alkyl halides is 3. The van der Waals surface area contributed by atoms with E-state index in [1.165, 1.54) is 18.3 Å². The molecule has 1 amide bonds. The number of nitro groups is 1. The lowest BCUT2D eigenvalue weighted by Gasteiger charge is -2.24. The second-order valence-electron chi connectivity index (χ2n) is 7.68. The number of hydrogen-bond donors (Lipinski definition) is 1. The van der Waals surface area contributed by atoms with Gasteiger partial charge in [0.2, 0.25) is 0 Å². The third-order valence-electron chi connectivity index (χ3n) is 5.30. The summed E-state index contributed by atoms with van der Waals surface area (Å²) in [7, 11) is 0. The van der Waals surface area contributed by atoms with Crippen molar-refractivity contribution in [1.82, 2.24) is 14.5 Å². The number of carbonyl (C=O) groups is 1. The van der Waals surface area contributed by atoms with Crippen LogP contribution in [0.15, 0.2) is 54.7 Å². The second kappa shape index (κ2) is 9.51. The van der Waals surface area contributed by atoms with Crippen LogP contribution < -0.4 is 10.1 Å². The quantitative estimate of drug-likeness (QED) is 0.443. The first kappa shape index (κ1) is 23.2. The standard InChI is InChI=1S/C22H20F3N5O4/c23-22(24,25)17-5-7-18(8-6-17)26-20(31)16-3-1-15(2-4-16)13-28-9-10-29-14-19(30(32)33)27-21(29)34-12-11-28/h1-8,14H,9-13H2,(H,26,31). The zero-order valence-electron chi connectivity index (χ0n) is 17.8. The van der Waals surface area contributed by atoms with E-state index in [0.717, 1.165) is 17.7 Å². The lowest BCUT2D eigenvalue weighted by atomic mass is 10.1. The van der Waals surface area contributed by atoms with Gasteiger partial charge in [0.15, 0.2) is 0 Å². The minimum absolute atomic E-state index is 0.231. The molecular weight excluding hydrogens is 455 g/mol. The molecule has 0 saturated heterocycles. The molecule has 0 bridgehead atoms. The summed E-state index contributed by atoms with van der Waals surface area (Å²) in [4.78, 5) is 28.8. The molecule has 12 heteroatoms. The summed E-state index contributed by atoms with van der Waals surface area (Å²) in [6.07, 6.45) is -3.08. The number of amides is 1. The number of imidazole rings is 1. The van der Waals surface area contributed by atoms with Gasteiger partial charge in [-0.3, -0.25) is 14.3 Å². The van der Waals surface area contributed by atoms with Crippen LogP contribution in [-0.2, 0) is 19.3 Å². The number of benzene rings is 2. The van der Waals surface area contributed by atoms with Crippen LogP contribution >= 0.6 is 0 Å². The monoisotopic (exact) mass is 475 g/mol.